The van der Waals surface area contributed by atoms with E-state index in [0.717, 1.165) is 11.3 Å². The monoisotopic (exact) mass is 358 g/mol. The molecule has 2 atom stereocenters. The minimum absolute atomic E-state index is 0.00321. The maximum atomic E-state index is 12.5. The second-order valence-electron chi connectivity index (χ2n) is 6.43. The van der Waals surface area contributed by atoms with Crippen LogP contribution in [0.4, 0.5) is 0 Å². The molecule has 0 aliphatic rings. The number of rotatable bonds is 6. The van der Waals surface area contributed by atoms with Gasteiger partial charge in [0.25, 0.3) is 0 Å². The number of benzene rings is 1. The summed E-state index contributed by atoms with van der Waals surface area (Å²) in [6.07, 6.45) is 0. The predicted octanol–water partition coefficient (Wildman–Crippen LogP) is 2.51. The van der Waals surface area contributed by atoms with Crippen LogP contribution in [0.25, 0.3) is 5.69 Å². The molecule has 2 rings (SSSR count). The van der Waals surface area contributed by atoms with E-state index in [1.807, 2.05) is 45.0 Å². The number of hydrogen-bond donors (Lipinski definition) is 1. The third-order valence-electron chi connectivity index (χ3n) is 4.14. The van der Waals surface area contributed by atoms with Crippen LogP contribution >= 0.6 is 11.8 Å². The molecule has 1 aromatic heterocycles. The second-order valence-corrected chi connectivity index (χ2v) is 7.73. The fraction of sp³-hybridized carbons (Fsp3) is 0.471. The summed E-state index contributed by atoms with van der Waals surface area (Å²) in [7, 11) is 0. The molecule has 0 radical (unpaired) electrons. The van der Waals surface area contributed by atoms with Gasteiger partial charge in [-0.2, -0.15) is 9.94 Å². The summed E-state index contributed by atoms with van der Waals surface area (Å²) in [5, 5.41) is 24.0. The van der Waals surface area contributed by atoms with Gasteiger partial charge >= 0.3 is 0 Å². The molecule has 7 nitrogen and oxygen atoms in total. The van der Waals surface area contributed by atoms with Crippen molar-refractivity contribution in [2.45, 2.75) is 50.6 Å². The number of nitrogens with zero attached hydrogens (tertiary/aromatic N) is 5. The number of carbonyl (C=O) groups is 1. The highest BCUT2D eigenvalue weighted by atomic mass is 32.2. The van der Waals surface area contributed by atoms with Crippen LogP contribution in [0, 0.1) is 24.2 Å². The van der Waals surface area contributed by atoms with Crippen LogP contribution in [0.1, 0.15) is 33.3 Å². The Kier molecular flexibility index (Phi) is 5.80. The number of tetrazole rings is 1. The van der Waals surface area contributed by atoms with Crippen molar-refractivity contribution in [3.8, 4) is 11.8 Å². The molecule has 1 N–H and O–H groups in total. The third-order valence-corrected chi connectivity index (χ3v) is 5.17. The fourth-order valence-electron chi connectivity index (χ4n) is 1.97. The fourth-order valence-corrected chi connectivity index (χ4v) is 2.78. The molecular formula is C17H22N6OS. The Balaban J connectivity index is 2.13. The van der Waals surface area contributed by atoms with Crippen LogP contribution in [0.5, 0.6) is 0 Å². The van der Waals surface area contributed by atoms with Crippen molar-refractivity contribution >= 4 is 17.7 Å². The maximum absolute atomic E-state index is 12.5. The molecule has 2 aromatic rings. The van der Waals surface area contributed by atoms with Crippen LogP contribution in [-0.2, 0) is 4.79 Å². The molecule has 8 heteroatoms. The average molecular weight is 358 g/mol. The summed E-state index contributed by atoms with van der Waals surface area (Å²) in [4.78, 5) is 12.5. The molecule has 0 aliphatic carbocycles. The number of aromatic nitrogens is 4. The number of thioether (sulfide) groups is 1. The Morgan fingerprint density at radius 2 is 1.96 bits per heavy atom. The highest BCUT2D eigenvalue weighted by Crippen LogP contribution is 2.24. The minimum atomic E-state index is -0.908. The van der Waals surface area contributed by atoms with E-state index in [4.69, 9.17) is 0 Å². The highest BCUT2D eigenvalue weighted by molar-refractivity contribution is 8.00. The molecule has 0 aliphatic heterocycles. The molecular weight excluding hydrogens is 336 g/mol. The molecule has 1 heterocycles. The first-order valence-electron chi connectivity index (χ1n) is 8.02. The maximum Gasteiger partial charge on any atom is 0.234 e. The van der Waals surface area contributed by atoms with Gasteiger partial charge in [-0.1, -0.05) is 43.3 Å². The molecule has 0 fully saturated rings. The van der Waals surface area contributed by atoms with Gasteiger partial charge < -0.3 is 5.32 Å². The van der Waals surface area contributed by atoms with Crippen LogP contribution in [0.3, 0.4) is 0 Å². The van der Waals surface area contributed by atoms with E-state index >= 15 is 0 Å². The van der Waals surface area contributed by atoms with Crippen LogP contribution in [-0.4, -0.2) is 36.9 Å². The highest BCUT2D eigenvalue weighted by Gasteiger charge is 2.32. The van der Waals surface area contributed by atoms with Crippen LogP contribution < -0.4 is 5.32 Å². The van der Waals surface area contributed by atoms with Crippen molar-refractivity contribution in [3.05, 3.63) is 29.8 Å². The van der Waals surface area contributed by atoms with Gasteiger partial charge in [0.05, 0.1) is 17.0 Å². The molecule has 0 bridgehead atoms. The summed E-state index contributed by atoms with van der Waals surface area (Å²) in [5.41, 5.74) is 1.06. The number of nitrogens with one attached hydrogen (secondary N) is 1. The standard InChI is InChI=1S/C17H22N6OS/c1-11(2)17(5,10-18)19-15(24)13(4)25-16-20-21-22-23(16)14-8-6-12(3)7-9-14/h6-9,11,13H,1-5H3,(H,19,24). The number of nitriles is 1. The lowest BCUT2D eigenvalue weighted by Crippen LogP contribution is -2.51. The lowest BCUT2D eigenvalue weighted by Gasteiger charge is -2.28. The third kappa shape index (κ3) is 4.37. The first kappa shape index (κ1) is 18.9. The van der Waals surface area contributed by atoms with Gasteiger partial charge in [0.15, 0.2) is 0 Å². The van der Waals surface area contributed by atoms with Crippen molar-refractivity contribution < 1.29 is 4.79 Å². The second kappa shape index (κ2) is 7.66. The first-order valence-corrected chi connectivity index (χ1v) is 8.90. The van der Waals surface area contributed by atoms with Gasteiger partial charge in [-0.15, -0.1) is 5.10 Å². The molecule has 0 saturated heterocycles. The molecule has 25 heavy (non-hydrogen) atoms. The van der Waals surface area contributed by atoms with E-state index in [1.54, 1.807) is 18.5 Å². The minimum Gasteiger partial charge on any atom is -0.337 e. The van der Waals surface area contributed by atoms with E-state index in [0.29, 0.717) is 5.16 Å². The largest absolute Gasteiger partial charge is 0.337 e. The lowest BCUT2D eigenvalue weighted by molar-refractivity contribution is -0.121. The van der Waals surface area contributed by atoms with Gasteiger partial charge in [-0.25, -0.2) is 0 Å². The van der Waals surface area contributed by atoms with E-state index < -0.39 is 10.8 Å². The zero-order valence-electron chi connectivity index (χ0n) is 15.0. The molecule has 1 amide bonds. The Morgan fingerprint density at radius 1 is 1.32 bits per heavy atom. The van der Waals surface area contributed by atoms with Crippen LogP contribution in [0.15, 0.2) is 29.4 Å². The summed E-state index contributed by atoms with van der Waals surface area (Å²) in [6.45, 7) is 9.31. The van der Waals surface area contributed by atoms with Gasteiger partial charge in [0, 0.05) is 0 Å². The Bertz CT molecular complexity index is 779. The first-order chi connectivity index (χ1) is 11.8. The molecule has 0 spiro atoms. The normalized spacial score (nSPS) is 14.6. The Morgan fingerprint density at radius 3 is 2.52 bits per heavy atom. The van der Waals surface area contributed by atoms with Gasteiger partial charge in [-0.05, 0) is 49.2 Å². The van der Waals surface area contributed by atoms with Gasteiger partial charge in [-0.3, -0.25) is 4.79 Å². The van der Waals surface area contributed by atoms with E-state index in [-0.39, 0.29) is 11.8 Å². The average Bonchev–Trinajstić information content (AvgIpc) is 3.03. The molecule has 0 saturated carbocycles. The number of aryl methyl sites for hydroxylation is 1. The number of carbonyl (C=O) groups excluding carboxylic acids is 1. The zero-order chi connectivity index (χ0) is 18.6. The van der Waals surface area contributed by atoms with E-state index in [9.17, 15) is 10.1 Å². The van der Waals surface area contributed by atoms with E-state index in [2.05, 4.69) is 26.9 Å². The van der Waals surface area contributed by atoms with Crippen molar-refractivity contribution in [2.75, 3.05) is 0 Å². The van der Waals surface area contributed by atoms with Crippen molar-refractivity contribution in [1.29, 1.82) is 5.26 Å². The Hall–Kier alpha value is -2.40. The quantitative estimate of drug-likeness (QED) is 0.797. The Labute approximate surface area is 151 Å². The molecule has 2 unspecified atom stereocenters. The number of amides is 1. The summed E-state index contributed by atoms with van der Waals surface area (Å²) in [6, 6.07) is 9.97. The summed E-state index contributed by atoms with van der Waals surface area (Å²) < 4.78 is 1.60. The predicted molar refractivity (Wildman–Crippen MR) is 96.2 cm³/mol. The van der Waals surface area contributed by atoms with Crippen molar-refractivity contribution in [1.82, 2.24) is 25.5 Å². The SMILES string of the molecule is Cc1ccc(-n2nnnc2SC(C)C(=O)NC(C)(C#N)C(C)C)cc1. The smallest absolute Gasteiger partial charge is 0.234 e. The van der Waals surface area contributed by atoms with E-state index in [1.165, 1.54) is 11.8 Å². The summed E-state index contributed by atoms with van der Waals surface area (Å²) >= 11 is 1.25. The van der Waals surface area contributed by atoms with Crippen LogP contribution in [0.2, 0.25) is 0 Å². The van der Waals surface area contributed by atoms with Crippen molar-refractivity contribution in [2.24, 2.45) is 5.92 Å². The topological polar surface area (TPSA) is 96.5 Å². The lowest BCUT2D eigenvalue weighted by atomic mass is 9.90. The number of hydrogen-bond acceptors (Lipinski definition) is 6. The van der Waals surface area contributed by atoms with Crippen molar-refractivity contribution in [3.63, 3.8) is 0 Å². The molecule has 132 valence electrons. The molecule has 1 aromatic carbocycles. The summed E-state index contributed by atoms with van der Waals surface area (Å²) in [5.74, 6) is -0.224. The van der Waals surface area contributed by atoms with Gasteiger partial charge in [0.1, 0.15) is 5.54 Å². The zero-order valence-corrected chi connectivity index (χ0v) is 15.8. The van der Waals surface area contributed by atoms with Gasteiger partial charge in [0.2, 0.25) is 11.1 Å².